The average molecular weight is 400 g/mol. The second kappa shape index (κ2) is 8.05. The van der Waals surface area contributed by atoms with E-state index in [4.69, 9.17) is 4.98 Å². The third-order valence-corrected chi connectivity index (χ3v) is 7.55. The Kier molecular flexibility index (Phi) is 5.30. The van der Waals surface area contributed by atoms with Gasteiger partial charge in [0.15, 0.2) is 5.16 Å². The van der Waals surface area contributed by atoms with Crippen molar-refractivity contribution < 1.29 is 4.79 Å². The lowest BCUT2D eigenvalue weighted by Gasteiger charge is -2.37. The number of carbonyl (C=O) groups excluding carboxylic acids is 1. The number of hydrogen-bond donors (Lipinski definition) is 0. The molecule has 0 radical (unpaired) electrons. The predicted molar refractivity (Wildman–Crippen MR) is 113 cm³/mol. The molecule has 2 fully saturated rings. The summed E-state index contributed by atoms with van der Waals surface area (Å²) in [6.45, 7) is 8.88. The highest BCUT2D eigenvalue weighted by Crippen LogP contribution is 2.34. The molecule has 150 valence electrons. The number of aromatic nitrogens is 2. The van der Waals surface area contributed by atoms with Crippen LogP contribution >= 0.6 is 11.8 Å². The highest BCUT2D eigenvalue weighted by atomic mass is 32.2. The largest absolute Gasteiger partial charge is 0.342 e. The maximum atomic E-state index is 12.4. The molecule has 5 rings (SSSR count). The molecular weight excluding hydrogens is 370 g/mol. The first kappa shape index (κ1) is 18.5. The third kappa shape index (κ3) is 3.80. The Hall–Kier alpha value is -1.57. The zero-order chi connectivity index (χ0) is 18.9. The number of hydrogen-bond acceptors (Lipinski definition) is 5. The van der Waals surface area contributed by atoms with Crippen LogP contribution in [-0.2, 0) is 11.3 Å². The van der Waals surface area contributed by atoms with Gasteiger partial charge in [-0.25, -0.2) is 4.98 Å². The van der Waals surface area contributed by atoms with Gasteiger partial charge in [-0.15, -0.1) is 0 Å². The molecule has 28 heavy (non-hydrogen) atoms. The molecule has 0 spiro atoms. The summed E-state index contributed by atoms with van der Waals surface area (Å²) in [5.41, 5.74) is 2.38. The molecular formula is C21H29N5OS. The number of benzene rings is 1. The van der Waals surface area contributed by atoms with Crippen molar-refractivity contribution in [1.29, 1.82) is 0 Å². The number of rotatable bonds is 4. The van der Waals surface area contributed by atoms with Crippen LogP contribution in [0.15, 0.2) is 29.4 Å². The molecule has 0 bridgehead atoms. The number of amides is 1. The minimum atomic E-state index is 0.327. The second-order valence-electron chi connectivity index (χ2n) is 8.23. The van der Waals surface area contributed by atoms with E-state index in [0.717, 1.165) is 57.9 Å². The fourth-order valence-electron chi connectivity index (χ4n) is 4.64. The van der Waals surface area contributed by atoms with Crippen molar-refractivity contribution in [2.75, 3.05) is 52.4 Å². The van der Waals surface area contributed by atoms with Crippen LogP contribution in [0.5, 0.6) is 0 Å². The Morgan fingerprint density at radius 1 is 1.00 bits per heavy atom. The van der Waals surface area contributed by atoms with Gasteiger partial charge in [0, 0.05) is 57.6 Å². The molecule has 1 amide bonds. The van der Waals surface area contributed by atoms with Gasteiger partial charge in [-0.05, 0) is 31.4 Å². The predicted octanol–water partition coefficient (Wildman–Crippen LogP) is 2.14. The molecule has 1 aromatic heterocycles. The first-order valence-corrected chi connectivity index (χ1v) is 11.5. The van der Waals surface area contributed by atoms with Crippen molar-refractivity contribution in [1.82, 2.24) is 24.3 Å². The SMILES string of the molecule is O=C(CN1CCN(CC2CCn3c(nc4ccccc43)S2)CC1)N1CCCC1. The van der Waals surface area contributed by atoms with Crippen LogP contribution in [0.25, 0.3) is 11.0 Å². The molecule has 1 unspecified atom stereocenters. The van der Waals surface area contributed by atoms with Crippen molar-refractivity contribution >= 4 is 28.7 Å². The highest BCUT2D eigenvalue weighted by molar-refractivity contribution is 7.99. The summed E-state index contributed by atoms with van der Waals surface area (Å²) in [7, 11) is 0. The number of carbonyl (C=O) groups is 1. The Bertz CT molecular complexity index is 838. The second-order valence-corrected chi connectivity index (χ2v) is 9.50. The topological polar surface area (TPSA) is 44.6 Å². The summed E-state index contributed by atoms with van der Waals surface area (Å²) in [5.74, 6) is 0.327. The monoisotopic (exact) mass is 399 g/mol. The first-order chi connectivity index (χ1) is 13.8. The normalized spacial score (nSPS) is 24.0. The van der Waals surface area contributed by atoms with Crippen molar-refractivity contribution in [2.24, 2.45) is 0 Å². The van der Waals surface area contributed by atoms with E-state index in [9.17, 15) is 4.79 Å². The van der Waals surface area contributed by atoms with Gasteiger partial charge < -0.3 is 9.47 Å². The van der Waals surface area contributed by atoms with Gasteiger partial charge in [-0.1, -0.05) is 23.9 Å². The molecule has 7 heteroatoms. The molecule has 1 atom stereocenters. The van der Waals surface area contributed by atoms with Crippen LogP contribution in [0.1, 0.15) is 19.3 Å². The van der Waals surface area contributed by atoms with Crippen LogP contribution in [0.2, 0.25) is 0 Å². The van der Waals surface area contributed by atoms with E-state index in [1.54, 1.807) is 0 Å². The van der Waals surface area contributed by atoms with E-state index in [1.165, 1.54) is 29.9 Å². The molecule has 4 heterocycles. The van der Waals surface area contributed by atoms with E-state index in [2.05, 4.69) is 38.6 Å². The molecule has 0 saturated carbocycles. The van der Waals surface area contributed by atoms with Gasteiger partial charge in [0.25, 0.3) is 0 Å². The molecule has 2 aromatic rings. The molecule has 3 aliphatic rings. The van der Waals surface area contributed by atoms with E-state index in [0.29, 0.717) is 17.7 Å². The minimum absolute atomic E-state index is 0.327. The average Bonchev–Trinajstić information content (AvgIpc) is 3.37. The standard InChI is InChI=1S/C21H29N5OS/c27-20(25-8-3-4-9-25)16-24-13-11-23(12-14-24)15-17-7-10-26-19-6-2-1-5-18(19)22-21(26)28-17/h1-2,5-6,17H,3-4,7-16H2. The van der Waals surface area contributed by atoms with E-state index in [-0.39, 0.29) is 0 Å². The number of piperazine rings is 1. The fraction of sp³-hybridized carbons (Fsp3) is 0.619. The summed E-state index contributed by atoms with van der Waals surface area (Å²) < 4.78 is 2.37. The summed E-state index contributed by atoms with van der Waals surface area (Å²) >= 11 is 1.94. The lowest BCUT2D eigenvalue weighted by molar-refractivity contribution is -0.131. The summed E-state index contributed by atoms with van der Waals surface area (Å²) in [6.07, 6.45) is 3.55. The number of thioether (sulfide) groups is 1. The molecule has 6 nitrogen and oxygen atoms in total. The van der Waals surface area contributed by atoms with Crippen molar-refractivity contribution in [3.8, 4) is 0 Å². The number of nitrogens with zero attached hydrogens (tertiary/aromatic N) is 5. The Morgan fingerprint density at radius 3 is 2.57 bits per heavy atom. The Labute approximate surface area is 170 Å². The van der Waals surface area contributed by atoms with Gasteiger partial charge in [-0.2, -0.15) is 0 Å². The zero-order valence-corrected chi connectivity index (χ0v) is 17.2. The molecule has 0 aliphatic carbocycles. The molecule has 3 aliphatic heterocycles. The quantitative estimate of drug-likeness (QED) is 0.788. The minimum Gasteiger partial charge on any atom is -0.342 e. The number of para-hydroxylation sites is 2. The van der Waals surface area contributed by atoms with E-state index in [1.807, 2.05) is 16.7 Å². The van der Waals surface area contributed by atoms with Gasteiger partial charge >= 0.3 is 0 Å². The Balaban J connectivity index is 1.12. The number of likely N-dealkylation sites (tertiary alicyclic amines) is 1. The Morgan fingerprint density at radius 2 is 1.75 bits per heavy atom. The van der Waals surface area contributed by atoms with Gasteiger partial charge in [0.2, 0.25) is 5.91 Å². The molecule has 2 saturated heterocycles. The number of imidazole rings is 1. The molecule has 1 aromatic carbocycles. The number of aryl methyl sites for hydroxylation is 1. The zero-order valence-electron chi connectivity index (χ0n) is 16.4. The maximum absolute atomic E-state index is 12.4. The van der Waals surface area contributed by atoms with Crippen molar-refractivity contribution in [3.05, 3.63) is 24.3 Å². The van der Waals surface area contributed by atoms with Gasteiger partial charge in [-0.3, -0.25) is 14.6 Å². The fourth-order valence-corrected chi connectivity index (χ4v) is 5.92. The van der Waals surface area contributed by atoms with Gasteiger partial charge in [0.1, 0.15) is 0 Å². The van der Waals surface area contributed by atoms with Crippen LogP contribution in [0.4, 0.5) is 0 Å². The third-order valence-electron chi connectivity index (χ3n) is 6.31. The summed E-state index contributed by atoms with van der Waals surface area (Å²) in [5, 5.41) is 1.79. The van der Waals surface area contributed by atoms with Gasteiger partial charge in [0.05, 0.1) is 17.6 Å². The van der Waals surface area contributed by atoms with Crippen molar-refractivity contribution in [3.63, 3.8) is 0 Å². The van der Waals surface area contributed by atoms with Crippen LogP contribution in [-0.4, -0.2) is 87.8 Å². The van der Waals surface area contributed by atoms with E-state index < -0.39 is 0 Å². The highest BCUT2D eigenvalue weighted by Gasteiger charge is 2.27. The van der Waals surface area contributed by atoms with Crippen LogP contribution in [0.3, 0.4) is 0 Å². The lowest BCUT2D eigenvalue weighted by atomic mass is 10.2. The van der Waals surface area contributed by atoms with Crippen LogP contribution < -0.4 is 0 Å². The summed E-state index contributed by atoms with van der Waals surface area (Å²) in [6, 6.07) is 8.45. The first-order valence-electron chi connectivity index (χ1n) is 10.6. The lowest BCUT2D eigenvalue weighted by Crippen LogP contribution is -2.51. The summed E-state index contributed by atoms with van der Waals surface area (Å²) in [4.78, 5) is 24.1. The van der Waals surface area contributed by atoms with Crippen molar-refractivity contribution in [2.45, 2.75) is 36.2 Å². The number of fused-ring (bicyclic) bond motifs is 3. The van der Waals surface area contributed by atoms with E-state index >= 15 is 0 Å². The molecule has 0 N–H and O–H groups in total. The maximum Gasteiger partial charge on any atom is 0.236 e. The smallest absolute Gasteiger partial charge is 0.236 e. The van der Waals surface area contributed by atoms with Crippen LogP contribution in [0, 0.1) is 0 Å².